The van der Waals surface area contributed by atoms with Crippen molar-refractivity contribution in [1.29, 1.82) is 0 Å². The standard InChI is InChI=1S/C16H24N2O/c1-18-8-6-14(7-9-18)13-2-4-15(5-3-13)16(10-17)11-19-12-16/h2-5,14H,6-12,17H2,1H3. The minimum absolute atomic E-state index is 0.0886. The molecule has 0 aliphatic carbocycles. The Bertz CT molecular complexity index is 411. The van der Waals surface area contributed by atoms with Crippen LogP contribution in [-0.4, -0.2) is 44.8 Å². The van der Waals surface area contributed by atoms with Gasteiger partial charge in [0.2, 0.25) is 0 Å². The minimum atomic E-state index is 0.0886. The average Bonchev–Trinajstić information content (AvgIpc) is 2.40. The molecule has 19 heavy (non-hydrogen) atoms. The highest BCUT2D eigenvalue weighted by atomic mass is 16.5. The van der Waals surface area contributed by atoms with E-state index in [9.17, 15) is 0 Å². The summed E-state index contributed by atoms with van der Waals surface area (Å²) in [7, 11) is 2.21. The molecular formula is C16H24N2O. The fraction of sp³-hybridized carbons (Fsp3) is 0.625. The van der Waals surface area contributed by atoms with Crippen molar-refractivity contribution in [1.82, 2.24) is 4.90 Å². The largest absolute Gasteiger partial charge is 0.379 e. The molecule has 2 aliphatic heterocycles. The lowest BCUT2D eigenvalue weighted by Gasteiger charge is -2.41. The molecule has 0 saturated carbocycles. The Morgan fingerprint density at radius 3 is 2.32 bits per heavy atom. The fourth-order valence-corrected chi connectivity index (χ4v) is 3.20. The predicted octanol–water partition coefficient (Wildman–Crippen LogP) is 1.72. The van der Waals surface area contributed by atoms with Gasteiger partial charge in [0.15, 0.2) is 0 Å². The van der Waals surface area contributed by atoms with E-state index in [0.29, 0.717) is 6.54 Å². The number of hydrogen-bond donors (Lipinski definition) is 1. The van der Waals surface area contributed by atoms with Gasteiger partial charge < -0.3 is 15.4 Å². The summed E-state index contributed by atoms with van der Waals surface area (Å²) in [5, 5.41) is 0. The first-order valence-corrected chi connectivity index (χ1v) is 7.30. The highest BCUT2D eigenvalue weighted by molar-refractivity contribution is 5.33. The van der Waals surface area contributed by atoms with Crippen LogP contribution in [0.2, 0.25) is 0 Å². The molecule has 2 N–H and O–H groups in total. The van der Waals surface area contributed by atoms with E-state index in [1.165, 1.54) is 37.1 Å². The van der Waals surface area contributed by atoms with Gasteiger partial charge in [0.25, 0.3) is 0 Å². The number of hydrogen-bond acceptors (Lipinski definition) is 3. The summed E-state index contributed by atoms with van der Waals surface area (Å²) in [4.78, 5) is 2.42. The number of likely N-dealkylation sites (tertiary alicyclic amines) is 1. The van der Waals surface area contributed by atoms with Crippen LogP contribution in [0.3, 0.4) is 0 Å². The lowest BCUT2D eigenvalue weighted by Crippen LogP contribution is -2.52. The molecule has 0 unspecified atom stereocenters. The van der Waals surface area contributed by atoms with Crippen LogP contribution in [0, 0.1) is 0 Å². The van der Waals surface area contributed by atoms with Crippen LogP contribution < -0.4 is 5.73 Å². The van der Waals surface area contributed by atoms with Crippen molar-refractivity contribution in [3.05, 3.63) is 35.4 Å². The van der Waals surface area contributed by atoms with E-state index >= 15 is 0 Å². The molecule has 0 spiro atoms. The zero-order chi connectivity index (χ0) is 13.3. The van der Waals surface area contributed by atoms with Crippen LogP contribution >= 0.6 is 0 Å². The highest BCUT2D eigenvalue weighted by Crippen LogP contribution is 2.33. The molecule has 1 aromatic carbocycles. The molecule has 3 nitrogen and oxygen atoms in total. The zero-order valence-corrected chi connectivity index (χ0v) is 11.8. The number of nitrogens with two attached hydrogens (primary N) is 1. The van der Waals surface area contributed by atoms with E-state index < -0.39 is 0 Å². The van der Waals surface area contributed by atoms with Gasteiger partial charge >= 0.3 is 0 Å². The lowest BCUT2D eigenvalue weighted by molar-refractivity contribution is -0.0550. The molecule has 0 aromatic heterocycles. The Labute approximate surface area is 115 Å². The normalized spacial score (nSPS) is 24.1. The first-order chi connectivity index (χ1) is 9.23. The molecule has 2 saturated heterocycles. The third kappa shape index (κ3) is 2.42. The van der Waals surface area contributed by atoms with Crippen LogP contribution in [0.25, 0.3) is 0 Å². The van der Waals surface area contributed by atoms with Gasteiger partial charge in [-0.25, -0.2) is 0 Å². The van der Waals surface area contributed by atoms with E-state index in [-0.39, 0.29) is 5.41 Å². The smallest absolute Gasteiger partial charge is 0.0597 e. The van der Waals surface area contributed by atoms with Gasteiger partial charge in [-0.3, -0.25) is 0 Å². The molecule has 3 rings (SSSR count). The van der Waals surface area contributed by atoms with Gasteiger partial charge in [-0.05, 0) is 50.0 Å². The van der Waals surface area contributed by atoms with Gasteiger partial charge in [-0.2, -0.15) is 0 Å². The molecule has 2 heterocycles. The van der Waals surface area contributed by atoms with Gasteiger partial charge in [0, 0.05) is 6.54 Å². The maximum atomic E-state index is 5.91. The van der Waals surface area contributed by atoms with Crippen molar-refractivity contribution >= 4 is 0 Å². The molecule has 1 aromatic rings. The Hall–Kier alpha value is -0.900. The number of rotatable bonds is 3. The second-order valence-corrected chi connectivity index (χ2v) is 6.18. The summed E-state index contributed by atoms with van der Waals surface area (Å²) in [6, 6.07) is 9.15. The van der Waals surface area contributed by atoms with E-state index in [2.05, 4.69) is 36.2 Å². The van der Waals surface area contributed by atoms with Crippen LogP contribution in [0.1, 0.15) is 29.9 Å². The van der Waals surface area contributed by atoms with Crippen molar-refractivity contribution in [3.8, 4) is 0 Å². The van der Waals surface area contributed by atoms with E-state index in [1.807, 2.05) is 0 Å². The van der Waals surface area contributed by atoms with Gasteiger partial charge in [0.1, 0.15) is 0 Å². The molecular weight excluding hydrogens is 236 g/mol. The summed E-state index contributed by atoms with van der Waals surface area (Å²) >= 11 is 0. The topological polar surface area (TPSA) is 38.5 Å². The van der Waals surface area contributed by atoms with Crippen LogP contribution in [0.15, 0.2) is 24.3 Å². The van der Waals surface area contributed by atoms with Crippen molar-refractivity contribution in [3.63, 3.8) is 0 Å². The summed E-state index contributed by atoms with van der Waals surface area (Å²) in [6.45, 7) is 4.66. The van der Waals surface area contributed by atoms with E-state index in [1.54, 1.807) is 0 Å². The predicted molar refractivity (Wildman–Crippen MR) is 77.5 cm³/mol. The van der Waals surface area contributed by atoms with Crippen LogP contribution in [0.5, 0.6) is 0 Å². The Kier molecular flexibility index (Phi) is 3.61. The Morgan fingerprint density at radius 2 is 1.84 bits per heavy atom. The zero-order valence-electron chi connectivity index (χ0n) is 11.8. The van der Waals surface area contributed by atoms with Crippen LogP contribution in [0.4, 0.5) is 0 Å². The molecule has 104 valence electrons. The maximum absolute atomic E-state index is 5.91. The molecule has 2 aliphatic rings. The van der Waals surface area contributed by atoms with Crippen molar-refractivity contribution in [2.75, 3.05) is 39.9 Å². The third-order valence-electron chi connectivity index (χ3n) is 4.86. The van der Waals surface area contributed by atoms with E-state index in [4.69, 9.17) is 10.5 Å². The summed E-state index contributed by atoms with van der Waals surface area (Å²) in [5.41, 5.74) is 8.84. The second kappa shape index (κ2) is 5.23. The maximum Gasteiger partial charge on any atom is 0.0597 e. The molecule has 0 atom stereocenters. The fourth-order valence-electron chi connectivity index (χ4n) is 3.20. The molecule has 0 radical (unpaired) electrons. The van der Waals surface area contributed by atoms with Crippen molar-refractivity contribution in [2.45, 2.75) is 24.2 Å². The quantitative estimate of drug-likeness (QED) is 0.899. The monoisotopic (exact) mass is 260 g/mol. The summed E-state index contributed by atoms with van der Waals surface area (Å²) in [5.74, 6) is 0.733. The van der Waals surface area contributed by atoms with Gasteiger partial charge in [-0.15, -0.1) is 0 Å². The third-order valence-corrected chi connectivity index (χ3v) is 4.86. The van der Waals surface area contributed by atoms with Crippen molar-refractivity contribution in [2.24, 2.45) is 5.73 Å². The highest BCUT2D eigenvalue weighted by Gasteiger charge is 2.38. The molecule has 2 fully saturated rings. The number of nitrogens with zero attached hydrogens (tertiary/aromatic N) is 1. The molecule has 3 heteroatoms. The number of ether oxygens (including phenoxy) is 1. The average molecular weight is 260 g/mol. The van der Waals surface area contributed by atoms with Gasteiger partial charge in [-0.1, -0.05) is 24.3 Å². The Morgan fingerprint density at radius 1 is 1.21 bits per heavy atom. The number of piperidine rings is 1. The SMILES string of the molecule is CN1CCC(c2ccc(C3(CN)COC3)cc2)CC1. The van der Waals surface area contributed by atoms with Crippen LogP contribution in [-0.2, 0) is 10.2 Å². The first-order valence-electron chi connectivity index (χ1n) is 7.30. The van der Waals surface area contributed by atoms with Crippen molar-refractivity contribution < 1.29 is 4.74 Å². The molecule has 0 bridgehead atoms. The summed E-state index contributed by atoms with van der Waals surface area (Å²) < 4.78 is 5.36. The minimum Gasteiger partial charge on any atom is -0.379 e. The first kappa shape index (κ1) is 13.1. The second-order valence-electron chi connectivity index (χ2n) is 6.18. The van der Waals surface area contributed by atoms with Gasteiger partial charge in [0.05, 0.1) is 18.6 Å². The van der Waals surface area contributed by atoms with E-state index in [0.717, 1.165) is 19.1 Å². The Balaban J connectivity index is 1.72. The summed E-state index contributed by atoms with van der Waals surface area (Å²) in [6.07, 6.45) is 2.56. The lowest BCUT2D eigenvalue weighted by atomic mass is 9.78. The molecule has 0 amide bonds. The number of benzene rings is 1.